The molecule has 0 bridgehead atoms. The molecular formula is C14H11ClN2O3. The maximum atomic E-state index is 10.8. The summed E-state index contributed by atoms with van der Waals surface area (Å²) in [5.41, 5.74) is 3.80. The number of aromatic carboxylic acids is 1. The largest absolute Gasteiger partial charge is 0.507 e. The van der Waals surface area contributed by atoms with Crippen LogP contribution in [0.4, 0.5) is 5.69 Å². The molecule has 2 rings (SSSR count). The van der Waals surface area contributed by atoms with E-state index in [-0.39, 0.29) is 11.3 Å². The highest BCUT2D eigenvalue weighted by molar-refractivity contribution is 6.30. The number of rotatable bonds is 4. The average Bonchev–Trinajstić information content (AvgIpc) is 2.40. The van der Waals surface area contributed by atoms with Crippen molar-refractivity contribution in [1.82, 2.24) is 0 Å². The van der Waals surface area contributed by atoms with Gasteiger partial charge in [0, 0.05) is 10.6 Å². The van der Waals surface area contributed by atoms with Gasteiger partial charge in [-0.15, -0.1) is 0 Å². The number of aromatic hydroxyl groups is 1. The molecule has 0 unspecified atom stereocenters. The van der Waals surface area contributed by atoms with Crippen molar-refractivity contribution in [3.05, 3.63) is 58.6 Å². The molecular weight excluding hydrogens is 280 g/mol. The van der Waals surface area contributed by atoms with Gasteiger partial charge in [0.2, 0.25) is 0 Å². The number of carboxylic acids is 1. The van der Waals surface area contributed by atoms with E-state index in [1.54, 1.807) is 24.3 Å². The zero-order valence-electron chi connectivity index (χ0n) is 10.2. The summed E-state index contributed by atoms with van der Waals surface area (Å²) in [5.74, 6) is -1.12. The minimum Gasteiger partial charge on any atom is -0.507 e. The van der Waals surface area contributed by atoms with Crippen LogP contribution in [0.3, 0.4) is 0 Å². The lowest BCUT2D eigenvalue weighted by molar-refractivity contribution is 0.0697. The first-order valence-electron chi connectivity index (χ1n) is 5.67. The molecule has 0 heterocycles. The Hall–Kier alpha value is -2.53. The molecule has 0 fully saturated rings. The number of carboxylic acid groups (broad SMARTS) is 1. The highest BCUT2D eigenvalue weighted by Gasteiger charge is 2.06. The molecule has 0 saturated carbocycles. The number of nitrogens with one attached hydrogen (secondary N) is 1. The van der Waals surface area contributed by atoms with Gasteiger partial charge in [-0.05, 0) is 36.4 Å². The minimum atomic E-state index is -1.07. The molecule has 0 aliphatic carbocycles. The van der Waals surface area contributed by atoms with E-state index in [1.165, 1.54) is 24.4 Å². The number of carbonyl (C=O) groups is 1. The Labute approximate surface area is 120 Å². The maximum Gasteiger partial charge on any atom is 0.335 e. The van der Waals surface area contributed by atoms with E-state index in [2.05, 4.69) is 10.5 Å². The highest BCUT2D eigenvalue weighted by Crippen LogP contribution is 2.17. The number of hydrogen-bond donors (Lipinski definition) is 3. The Morgan fingerprint density at radius 3 is 2.75 bits per heavy atom. The molecule has 3 N–H and O–H groups in total. The van der Waals surface area contributed by atoms with Crippen molar-refractivity contribution >= 4 is 29.5 Å². The van der Waals surface area contributed by atoms with Gasteiger partial charge in [-0.1, -0.05) is 17.7 Å². The Morgan fingerprint density at radius 2 is 2.05 bits per heavy atom. The molecule has 20 heavy (non-hydrogen) atoms. The fraction of sp³-hybridized carbons (Fsp3) is 0. The SMILES string of the molecule is O=C(O)c1ccc(O)c(/C=N/Nc2cccc(Cl)c2)c1. The summed E-state index contributed by atoms with van der Waals surface area (Å²) in [7, 11) is 0. The van der Waals surface area contributed by atoms with Gasteiger partial charge in [0.15, 0.2) is 0 Å². The van der Waals surface area contributed by atoms with Crippen LogP contribution < -0.4 is 5.43 Å². The molecule has 102 valence electrons. The molecule has 2 aromatic rings. The third kappa shape index (κ3) is 3.49. The topological polar surface area (TPSA) is 81.9 Å². The van der Waals surface area contributed by atoms with Crippen LogP contribution in [0.15, 0.2) is 47.6 Å². The molecule has 0 aliphatic rings. The Balaban J connectivity index is 2.15. The van der Waals surface area contributed by atoms with Gasteiger partial charge >= 0.3 is 5.97 Å². The van der Waals surface area contributed by atoms with Crippen molar-refractivity contribution < 1.29 is 15.0 Å². The van der Waals surface area contributed by atoms with E-state index in [9.17, 15) is 9.90 Å². The summed E-state index contributed by atoms with van der Waals surface area (Å²) < 4.78 is 0. The second kappa shape index (κ2) is 6.08. The first-order chi connectivity index (χ1) is 9.56. The normalized spacial score (nSPS) is 10.7. The first-order valence-corrected chi connectivity index (χ1v) is 6.05. The summed E-state index contributed by atoms with van der Waals surface area (Å²) in [5, 5.41) is 23.0. The maximum absolute atomic E-state index is 10.8. The number of halogens is 1. The predicted octanol–water partition coefficient (Wildman–Crippen LogP) is 3.19. The first kappa shape index (κ1) is 13.9. The number of phenolic OH excluding ortho intramolecular Hbond substituents is 1. The van der Waals surface area contributed by atoms with Crippen LogP contribution in [0, 0.1) is 0 Å². The fourth-order valence-corrected chi connectivity index (χ4v) is 1.72. The number of hydrogen-bond acceptors (Lipinski definition) is 4. The van der Waals surface area contributed by atoms with Gasteiger partial charge in [0.05, 0.1) is 17.5 Å². The molecule has 0 aromatic heterocycles. The van der Waals surface area contributed by atoms with Gasteiger partial charge in [0.25, 0.3) is 0 Å². The lowest BCUT2D eigenvalue weighted by Crippen LogP contribution is -1.98. The van der Waals surface area contributed by atoms with Crippen LogP contribution in [0.5, 0.6) is 5.75 Å². The van der Waals surface area contributed by atoms with Crippen molar-refractivity contribution in [3.63, 3.8) is 0 Å². The molecule has 0 radical (unpaired) electrons. The van der Waals surface area contributed by atoms with E-state index < -0.39 is 5.97 Å². The van der Waals surface area contributed by atoms with Crippen LogP contribution in [0.2, 0.25) is 5.02 Å². The number of hydrazone groups is 1. The fourth-order valence-electron chi connectivity index (χ4n) is 1.53. The van der Waals surface area contributed by atoms with Crippen LogP contribution in [-0.4, -0.2) is 22.4 Å². The van der Waals surface area contributed by atoms with Crippen molar-refractivity contribution in [2.75, 3.05) is 5.43 Å². The third-order valence-corrected chi connectivity index (χ3v) is 2.73. The monoisotopic (exact) mass is 290 g/mol. The Kier molecular flexibility index (Phi) is 4.22. The molecule has 6 heteroatoms. The smallest absolute Gasteiger partial charge is 0.335 e. The average molecular weight is 291 g/mol. The zero-order valence-corrected chi connectivity index (χ0v) is 11.0. The zero-order chi connectivity index (χ0) is 14.5. The van der Waals surface area contributed by atoms with E-state index in [1.807, 2.05) is 0 Å². The quantitative estimate of drug-likeness (QED) is 0.596. The van der Waals surface area contributed by atoms with Crippen molar-refractivity contribution in [2.45, 2.75) is 0 Å². The van der Waals surface area contributed by atoms with Crippen LogP contribution in [0.25, 0.3) is 0 Å². The predicted molar refractivity (Wildman–Crippen MR) is 77.7 cm³/mol. The Morgan fingerprint density at radius 1 is 1.25 bits per heavy atom. The number of nitrogens with zero attached hydrogens (tertiary/aromatic N) is 1. The number of anilines is 1. The van der Waals surface area contributed by atoms with Gasteiger partial charge < -0.3 is 10.2 Å². The second-order valence-corrected chi connectivity index (χ2v) is 4.40. The standard InChI is InChI=1S/C14H11ClN2O3/c15-11-2-1-3-12(7-11)17-16-8-10-6-9(14(19)20)4-5-13(10)18/h1-8,17-18H,(H,19,20)/b16-8+. The summed E-state index contributed by atoms with van der Waals surface area (Å²) in [6, 6.07) is 10.9. The summed E-state index contributed by atoms with van der Waals surface area (Å²) in [6.07, 6.45) is 1.34. The van der Waals surface area contributed by atoms with Crippen molar-refractivity contribution in [1.29, 1.82) is 0 Å². The van der Waals surface area contributed by atoms with Crippen molar-refractivity contribution in [3.8, 4) is 5.75 Å². The van der Waals surface area contributed by atoms with Crippen LogP contribution in [0.1, 0.15) is 15.9 Å². The molecule has 0 atom stereocenters. The van der Waals surface area contributed by atoms with Gasteiger partial charge in [-0.25, -0.2) is 4.79 Å². The molecule has 0 aliphatic heterocycles. The third-order valence-electron chi connectivity index (χ3n) is 2.50. The molecule has 0 amide bonds. The number of phenols is 1. The van der Waals surface area contributed by atoms with E-state index in [0.717, 1.165) is 0 Å². The molecule has 2 aromatic carbocycles. The Bertz CT molecular complexity index is 671. The molecule has 0 saturated heterocycles. The summed E-state index contributed by atoms with van der Waals surface area (Å²) >= 11 is 5.82. The van der Waals surface area contributed by atoms with Gasteiger partial charge in [-0.3, -0.25) is 5.43 Å². The minimum absolute atomic E-state index is 0.0494. The van der Waals surface area contributed by atoms with Gasteiger partial charge in [0.1, 0.15) is 5.75 Å². The second-order valence-electron chi connectivity index (χ2n) is 3.96. The van der Waals surface area contributed by atoms with E-state index >= 15 is 0 Å². The van der Waals surface area contributed by atoms with Crippen LogP contribution >= 0.6 is 11.6 Å². The molecule has 0 spiro atoms. The van der Waals surface area contributed by atoms with Crippen LogP contribution in [-0.2, 0) is 0 Å². The lowest BCUT2D eigenvalue weighted by Gasteiger charge is -2.02. The summed E-state index contributed by atoms with van der Waals surface area (Å²) in [6.45, 7) is 0. The molecule has 5 nitrogen and oxygen atoms in total. The van der Waals surface area contributed by atoms with Crippen molar-refractivity contribution in [2.24, 2.45) is 5.10 Å². The van der Waals surface area contributed by atoms with E-state index in [4.69, 9.17) is 16.7 Å². The highest BCUT2D eigenvalue weighted by atomic mass is 35.5. The number of benzene rings is 2. The van der Waals surface area contributed by atoms with E-state index in [0.29, 0.717) is 16.3 Å². The lowest BCUT2D eigenvalue weighted by atomic mass is 10.1. The summed E-state index contributed by atoms with van der Waals surface area (Å²) in [4.78, 5) is 10.8. The van der Waals surface area contributed by atoms with Gasteiger partial charge in [-0.2, -0.15) is 5.10 Å².